The van der Waals surface area contributed by atoms with Crippen LogP contribution in [0.4, 0.5) is 0 Å². The van der Waals surface area contributed by atoms with E-state index >= 15 is 0 Å². The molecule has 0 saturated heterocycles. The molecule has 0 aromatic heterocycles. The molecule has 0 spiro atoms. The van der Waals surface area contributed by atoms with Crippen LogP contribution in [-0.2, 0) is 0 Å². The molecule has 23 heavy (non-hydrogen) atoms. The van der Waals surface area contributed by atoms with E-state index < -0.39 is 0 Å². The second kappa shape index (κ2) is 16.1. The highest BCUT2D eigenvalue weighted by Crippen LogP contribution is 2.20. The Morgan fingerprint density at radius 1 is 0.739 bits per heavy atom. The summed E-state index contributed by atoms with van der Waals surface area (Å²) in [5.41, 5.74) is 4.27. The van der Waals surface area contributed by atoms with Gasteiger partial charge in [-0.2, -0.15) is 0 Å². The third-order valence-electron chi connectivity index (χ3n) is 4.67. The molecule has 1 rings (SSSR count). The van der Waals surface area contributed by atoms with Gasteiger partial charge < -0.3 is 0 Å². The van der Waals surface area contributed by atoms with Crippen molar-refractivity contribution in [3.8, 4) is 0 Å². The molecule has 0 heteroatoms. The summed E-state index contributed by atoms with van der Waals surface area (Å²) in [7, 11) is 0. The van der Waals surface area contributed by atoms with Gasteiger partial charge in [0.25, 0.3) is 0 Å². The van der Waals surface area contributed by atoms with Gasteiger partial charge in [0.2, 0.25) is 0 Å². The maximum atomic E-state index is 2.31. The largest absolute Gasteiger partial charge is 0.0776 e. The topological polar surface area (TPSA) is 0 Å². The second-order valence-electron chi connectivity index (χ2n) is 6.77. The predicted octanol–water partition coefficient (Wildman–Crippen LogP) is 8.60. The van der Waals surface area contributed by atoms with Gasteiger partial charge in [0.15, 0.2) is 0 Å². The van der Waals surface area contributed by atoms with Gasteiger partial charge in [-0.05, 0) is 42.9 Å². The summed E-state index contributed by atoms with van der Waals surface area (Å²) < 4.78 is 0. The highest BCUT2D eigenvalue weighted by Gasteiger charge is 2.02. The molecule has 0 heterocycles. The first-order chi connectivity index (χ1) is 10.6. The van der Waals surface area contributed by atoms with Crippen LogP contribution in [0.1, 0.15) is 116 Å². The van der Waals surface area contributed by atoms with E-state index in [1.807, 2.05) is 0 Å². The summed E-state index contributed by atoms with van der Waals surface area (Å²) >= 11 is 0. The van der Waals surface area contributed by atoms with Gasteiger partial charge in [0.1, 0.15) is 0 Å². The van der Waals surface area contributed by atoms with Crippen molar-refractivity contribution < 1.29 is 0 Å². The molecule has 136 valence electrons. The quantitative estimate of drug-likeness (QED) is 0.399. The lowest BCUT2D eigenvalue weighted by Gasteiger charge is -2.10. The monoisotopic (exact) mass is 320 g/mol. The van der Waals surface area contributed by atoms with Gasteiger partial charge in [-0.15, -0.1) is 0 Å². The fourth-order valence-electron chi connectivity index (χ4n) is 2.51. The minimum atomic E-state index is 0. The molecule has 0 amide bonds. The highest BCUT2D eigenvalue weighted by atomic mass is 14.1. The van der Waals surface area contributed by atoms with Gasteiger partial charge in [0.05, 0.1) is 0 Å². The van der Waals surface area contributed by atoms with Crippen molar-refractivity contribution in [2.75, 3.05) is 0 Å². The molecule has 1 aromatic rings. The van der Waals surface area contributed by atoms with Crippen LogP contribution in [0.2, 0.25) is 0 Å². The Morgan fingerprint density at radius 3 is 1.61 bits per heavy atom. The van der Waals surface area contributed by atoms with Crippen molar-refractivity contribution in [3.63, 3.8) is 0 Å². The summed E-state index contributed by atoms with van der Waals surface area (Å²) in [6.45, 7) is 13.4. The van der Waals surface area contributed by atoms with Crippen LogP contribution < -0.4 is 0 Å². The maximum absolute atomic E-state index is 2.31. The van der Waals surface area contributed by atoms with E-state index in [0.29, 0.717) is 5.92 Å². The molecule has 0 fully saturated rings. The van der Waals surface area contributed by atoms with E-state index in [2.05, 4.69) is 59.7 Å². The van der Waals surface area contributed by atoms with Gasteiger partial charge in [-0.25, -0.2) is 0 Å². The summed E-state index contributed by atoms with van der Waals surface area (Å²) in [6.07, 6.45) is 12.7. The van der Waals surface area contributed by atoms with E-state index in [1.165, 1.54) is 74.5 Å². The third kappa shape index (κ3) is 12.3. The average Bonchev–Trinajstić information content (AvgIpc) is 2.53. The standard InChI is InChI=1S/C12H18.C10H22.CH4/c1-5-9(2)12-7-6-10(3)11(4)8-12;1-3-5-7-9-10-8-6-4-2;/h6-9H,5H2,1-4H3;3-10H2,1-2H3;1H4. The molecule has 0 aliphatic heterocycles. The average molecular weight is 321 g/mol. The van der Waals surface area contributed by atoms with Gasteiger partial charge in [-0.3, -0.25) is 0 Å². The van der Waals surface area contributed by atoms with Crippen LogP contribution in [-0.4, -0.2) is 0 Å². The Hall–Kier alpha value is -0.780. The van der Waals surface area contributed by atoms with Gasteiger partial charge in [-0.1, -0.05) is 105 Å². The van der Waals surface area contributed by atoms with Crippen LogP contribution in [0.15, 0.2) is 18.2 Å². The zero-order valence-corrected chi connectivity index (χ0v) is 16.2. The molecule has 0 saturated carbocycles. The highest BCUT2D eigenvalue weighted by molar-refractivity contribution is 5.31. The van der Waals surface area contributed by atoms with Crippen LogP contribution >= 0.6 is 0 Å². The summed E-state index contributed by atoms with van der Waals surface area (Å²) in [6, 6.07) is 6.77. The van der Waals surface area contributed by atoms with Crippen molar-refractivity contribution in [2.24, 2.45) is 0 Å². The molecule has 0 radical (unpaired) electrons. The maximum Gasteiger partial charge on any atom is -0.0193 e. The second-order valence-corrected chi connectivity index (χ2v) is 6.77. The normalized spacial score (nSPS) is 11.2. The fraction of sp³-hybridized carbons (Fsp3) is 0.739. The van der Waals surface area contributed by atoms with E-state index in [9.17, 15) is 0 Å². The summed E-state index contributed by atoms with van der Waals surface area (Å²) in [5.74, 6) is 0.698. The first-order valence-electron chi connectivity index (χ1n) is 9.63. The number of hydrogen-bond acceptors (Lipinski definition) is 0. The Bertz CT molecular complexity index is 356. The minimum Gasteiger partial charge on any atom is -0.0776 e. The number of aryl methyl sites for hydroxylation is 2. The number of benzene rings is 1. The van der Waals surface area contributed by atoms with E-state index in [-0.39, 0.29) is 7.43 Å². The van der Waals surface area contributed by atoms with Gasteiger partial charge >= 0.3 is 0 Å². The van der Waals surface area contributed by atoms with Crippen molar-refractivity contribution in [3.05, 3.63) is 34.9 Å². The summed E-state index contributed by atoms with van der Waals surface area (Å²) in [5, 5.41) is 0. The van der Waals surface area contributed by atoms with E-state index in [4.69, 9.17) is 0 Å². The zero-order valence-electron chi connectivity index (χ0n) is 16.2. The molecule has 0 aliphatic carbocycles. The van der Waals surface area contributed by atoms with E-state index in [0.717, 1.165) is 0 Å². The lowest BCUT2D eigenvalue weighted by Crippen LogP contribution is -1.92. The van der Waals surface area contributed by atoms with Crippen molar-refractivity contribution in [1.82, 2.24) is 0 Å². The molecular weight excluding hydrogens is 276 g/mol. The van der Waals surface area contributed by atoms with Crippen LogP contribution in [0.3, 0.4) is 0 Å². The van der Waals surface area contributed by atoms with Crippen molar-refractivity contribution in [2.45, 2.75) is 113 Å². The molecule has 0 bridgehead atoms. The van der Waals surface area contributed by atoms with Crippen LogP contribution in [0, 0.1) is 13.8 Å². The van der Waals surface area contributed by atoms with Crippen molar-refractivity contribution in [1.29, 1.82) is 0 Å². The molecule has 1 atom stereocenters. The molecule has 0 N–H and O–H groups in total. The fourth-order valence-corrected chi connectivity index (χ4v) is 2.51. The summed E-state index contributed by atoms with van der Waals surface area (Å²) in [4.78, 5) is 0. The van der Waals surface area contributed by atoms with Crippen molar-refractivity contribution >= 4 is 0 Å². The smallest absolute Gasteiger partial charge is 0.0193 e. The molecule has 1 unspecified atom stereocenters. The molecule has 1 aromatic carbocycles. The minimum absolute atomic E-state index is 0. The lowest BCUT2D eigenvalue weighted by atomic mass is 9.95. The Morgan fingerprint density at radius 2 is 1.22 bits per heavy atom. The molecule has 0 aliphatic rings. The Labute approximate surface area is 148 Å². The Balaban J connectivity index is 0. The third-order valence-corrected chi connectivity index (χ3v) is 4.67. The van der Waals surface area contributed by atoms with Gasteiger partial charge in [0, 0.05) is 0 Å². The first-order valence-corrected chi connectivity index (χ1v) is 9.63. The molecule has 0 nitrogen and oxygen atoms in total. The lowest BCUT2D eigenvalue weighted by molar-refractivity contribution is 0.585. The predicted molar refractivity (Wildman–Crippen MR) is 110 cm³/mol. The number of rotatable bonds is 9. The van der Waals surface area contributed by atoms with Crippen LogP contribution in [0.25, 0.3) is 0 Å². The first kappa shape index (κ1) is 24.5. The van der Waals surface area contributed by atoms with Crippen LogP contribution in [0.5, 0.6) is 0 Å². The zero-order chi connectivity index (χ0) is 16.8. The SMILES string of the molecule is C.CCC(C)c1ccc(C)c(C)c1.CCCCCCCCCC. The number of unbranched alkanes of at least 4 members (excludes halogenated alkanes) is 7. The number of hydrogen-bond donors (Lipinski definition) is 0. The van der Waals surface area contributed by atoms with E-state index in [1.54, 1.807) is 0 Å². The Kier molecular flexibility index (Phi) is 17.1. The molecular formula is C23H44.